The molecule has 1 aliphatic carbocycles. The molecule has 1 heterocycles. The molecule has 1 aromatic carbocycles. The molecule has 1 aliphatic rings. The molecule has 1 saturated carbocycles. The van der Waals surface area contributed by atoms with Crippen molar-refractivity contribution in [3.63, 3.8) is 0 Å². The van der Waals surface area contributed by atoms with Gasteiger partial charge in [-0.1, -0.05) is 49.2 Å². The summed E-state index contributed by atoms with van der Waals surface area (Å²) in [5, 5.41) is 9.77. The summed E-state index contributed by atoms with van der Waals surface area (Å²) < 4.78 is 1.90. The second kappa shape index (κ2) is 8.84. The highest BCUT2D eigenvalue weighted by Gasteiger charge is 2.23. The van der Waals surface area contributed by atoms with E-state index in [1.807, 2.05) is 35.0 Å². The van der Waals surface area contributed by atoms with Crippen molar-refractivity contribution in [2.24, 2.45) is 0 Å². The summed E-state index contributed by atoms with van der Waals surface area (Å²) in [4.78, 5) is 27.7. The number of carbonyl (C=O) groups is 2. The maximum absolute atomic E-state index is 11.8. The number of aromatic nitrogens is 3. The molecule has 0 unspecified atom stereocenters. The van der Waals surface area contributed by atoms with E-state index in [4.69, 9.17) is 4.98 Å². The van der Waals surface area contributed by atoms with E-state index in [1.54, 1.807) is 0 Å². The van der Waals surface area contributed by atoms with Crippen molar-refractivity contribution in [2.75, 3.05) is 12.8 Å². The van der Waals surface area contributed by atoms with E-state index in [1.165, 1.54) is 38.1 Å². The smallest absolute Gasteiger partial charge is 0.321 e. The number of nitrogens with one attached hydrogen (secondary N) is 2. The molecule has 8 heteroatoms. The molecule has 26 heavy (non-hydrogen) atoms. The van der Waals surface area contributed by atoms with E-state index >= 15 is 0 Å². The fourth-order valence-electron chi connectivity index (χ4n) is 3.11. The van der Waals surface area contributed by atoms with Gasteiger partial charge in [-0.15, -0.1) is 5.10 Å². The van der Waals surface area contributed by atoms with Crippen LogP contribution < -0.4 is 10.6 Å². The number of para-hydroxylation sites is 1. The van der Waals surface area contributed by atoms with Crippen molar-refractivity contribution in [3.05, 3.63) is 36.2 Å². The number of rotatable bonds is 5. The molecule has 3 amide bonds. The minimum absolute atomic E-state index is 0.0936. The number of urea groups is 1. The Morgan fingerprint density at radius 3 is 2.62 bits per heavy atom. The van der Waals surface area contributed by atoms with E-state index < -0.39 is 6.03 Å². The number of carbonyl (C=O) groups excluding carboxylic acids is 2. The third-order valence-corrected chi connectivity index (χ3v) is 5.23. The Morgan fingerprint density at radius 2 is 1.92 bits per heavy atom. The first-order chi connectivity index (χ1) is 12.7. The summed E-state index contributed by atoms with van der Waals surface area (Å²) in [6, 6.07) is 9.43. The van der Waals surface area contributed by atoms with Crippen LogP contribution in [0.1, 0.15) is 43.8 Å². The lowest BCUT2D eigenvalue weighted by Gasteiger charge is -2.21. The molecule has 3 rings (SSSR count). The van der Waals surface area contributed by atoms with Crippen LogP contribution in [0.5, 0.6) is 0 Å². The van der Waals surface area contributed by atoms with E-state index in [0.29, 0.717) is 11.1 Å². The first kappa shape index (κ1) is 18.4. The molecule has 1 aromatic heterocycles. The maximum atomic E-state index is 11.8. The summed E-state index contributed by atoms with van der Waals surface area (Å²) in [5.41, 5.74) is 0.974. The lowest BCUT2D eigenvalue weighted by molar-refractivity contribution is -0.117. The van der Waals surface area contributed by atoms with Gasteiger partial charge in [-0.3, -0.25) is 10.1 Å². The lowest BCUT2D eigenvalue weighted by atomic mass is 9.88. The first-order valence-corrected chi connectivity index (χ1v) is 9.82. The molecule has 0 aliphatic heterocycles. The summed E-state index contributed by atoms with van der Waals surface area (Å²) >= 11 is 1.24. The minimum atomic E-state index is -0.513. The predicted octanol–water partition coefficient (Wildman–Crippen LogP) is 2.86. The molecule has 1 fully saturated rings. The number of thioether (sulfide) groups is 1. The standard InChI is InChI=1S/C18H23N5O2S/c1-19-17(25)20-15(24)12-26-18-21-16(13-8-4-2-5-9-13)23(22-18)14-10-6-3-7-11-14/h3,6-7,10-11,13H,2,4-5,8-9,12H2,1H3,(H2,19,20,24,25). The number of amides is 3. The number of benzene rings is 1. The Hall–Kier alpha value is -2.35. The largest absolute Gasteiger partial charge is 0.341 e. The van der Waals surface area contributed by atoms with Crippen molar-refractivity contribution < 1.29 is 9.59 Å². The van der Waals surface area contributed by atoms with Crippen LogP contribution in [-0.2, 0) is 4.79 Å². The fourth-order valence-corrected chi connectivity index (χ4v) is 3.73. The van der Waals surface area contributed by atoms with Gasteiger partial charge in [0.05, 0.1) is 11.4 Å². The van der Waals surface area contributed by atoms with E-state index in [2.05, 4.69) is 15.7 Å². The summed E-state index contributed by atoms with van der Waals surface area (Å²) in [7, 11) is 1.47. The molecule has 2 N–H and O–H groups in total. The van der Waals surface area contributed by atoms with Gasteiger partial charge in [0.2, 0.25) is 11.1 Å². The molecule has 0 radical (unpaired) electrons. The third-order valence-electron chi connectivity index (χ3n) is 4.40. The van der Waals surface area contributed by atoms with Crippen LogP contribution in [0.3, 0.4) is 0 Å². The Bertz CT molecular complexity index is 756. The highest BCUT2D eigenvalue weighted by molar-refractivity contribution is 7.99. The van der Waals surface area contributed by atoms with Crippen molar-refractivity contribution in [2.45, 2.75) is 43.2 Å². The van der Waals surface area contributed by atoms with Gasteiger partial charge in [-0.25, -0.2) is 14.5 Å². The second-order valence-corrected chi connectivity index (χ2v) is 7.19. The van der Waals surface area contributed by atoms with Gasteiger partial charge in [0.25, 0.3) is 0 Å². The van der Waals surface area contributed by atoms with Gasteiger partial charge < -0.3 is 5.32 Å². The summed E-state index contributed by atoms with van der Waals surface area (Å²) in [5.74, 6) is 1.08. The Kier molecular flexibility index (Phi) is 6.27. The van der Waals surface area contributed by atoms with Gasteiger partial charge in [-0.2, -0.15) is 0 Å². The molecule has 0 atom stereocenters. The van der Waals surface area contributed by atoms with E-state index in [-0.39, 0.29) is 11.7 Å². The maximum Gasteiger partial charge on any atom is 0.321 e. The van der Waals surface area contributed by atoms with Gasteiger partial charge >= 0.3 is 6.03 Å². The van der Waals surface area contributed by atoms with Crippen LogP contribution in [0.15, 0.2) is 35.5 Å². The Morgan fingerprint density at radius 1 is 1.19 bits per heavy atom. The topological polar surface area (TPSA) is 88.9 Å². The highest BCUT2D eigenvalue weighted by Crippen LogP contribution is 2.33. The van der Waals surface area contributed by atoms with E-state index in [0.717, 1.165) is 24.4 Å². The highest BCUT2D eigenvalue weighted by atomic mass is 32.2. The van der Waals surface area contributed by atoms with Gasteiger partial charge in [-0.05, 0) is 25.0 Å². The van der Waals surface area contributed by atoms with Crippen LogP contribution in [0.25, 0.3) is 5.69 Å². The van der Waals surface area contributed by atoms with Gasteiger partial charge in [0.1, 0.15) is 5.82 Å². The number of hydrogen-bond acceptors (Lipinski definition) is 5. The van der Waals surface area contributed by atoms with Crippen LogP contribution in [0.4, 0.5) is 4.79 Å². The zero-order valence-corrected chi connectivity index (χ0v) is 15.6. The molecule has 0 saturated heterocycles. The lowest BCUT2D eigenvalue weighted by Crippen LogP contribution is -2.38. The van der Waals surface area contributed by atoms with Crippen LogP contribution in [0.2, 0.25) is 0 Å². The van der Waals surface area contributed by atoms with Crippen LogP contribution in [0, 0.1) is 0 Å². The monoisotopic (exact) mass is 373 g/mol. The van der Waals surface area contributed by atoms with Crippen molar-refractivity contribution in [1.82, 2.24) is 25.4 Å². The summed E-state index contributed by atoms with van der Waals surface area (Å²) in [6.45, 7) is 0. The average Bonchev–Trinajstić information content (AvgIpc) is 3.12. The molecule has 2 aromatic rings. The Balaban J connectivity index is 1.77. The number of nitrogens with zero attached hydrogens (tertiary/aromatic N) is 3. The molecular weight excluding hydrogens is 350 g/mol. The zero-order chi connectivity index (χ0) is 18.4. The average molecular weight is 373 g/mol. The van der Waals surface area contributed by atoms with E-state index in [9.17, 15) is 9.59 Å². The molecule has 7 nitrogen and oxygen atoms in total. The zero-order valence-electron chi connectivity index (χ0n) is 14.8. The quantitative estimate of drug-likeness (QED) is 0.787. The second-order valence-electron chi connectivity index (χ2n) is 6.25. The fraction of sp³-hybridized carbons (Fsp3) is 0.444. The molecular formula is C18H23N5O2S. The van der Waals surface area contributed by atoms with Crippen LogP contribution in [-0.4, -0.2) is 39.5 Å². The van der Waals surface area contributed by atoms with Crippen molar-refractivity contribution in [1.29, 1.82) is 0 Å². The van der Waals surface area contributed by atoms with Crippen LogP contribution >= 0.6 is 11.8 Å². The van der Waals surface area contributed by atoms with Gasteiger partial charge in [0, 0.05) is 13.0 Å². The van der Waals surface area contributed by atoms with Crippen molar-refractivity contribution in [3.8, 4) is 5.69 Å². The minimum Gasteiger partial charge on any atom is -0.341 e. The van der Waals surface area contributed by atoms with Crippen molar-refractivity contribution >= 4 is 23.7 Å². The molecule has 138 valence electrons. The first-order valence-electron chi connectivity index (χ1n) is 8.84. The molecule has 0 spiro atoms. The Labute approximate surface area is 157 Å². The van der Waals surface area contributed by atoms with Gasteiger partial charge in [0.15, 0.2) is 0 Å². The molecule has 0 bridgehead atoms. The third kappa shape index (κ3) is 4.63. The number of hydrogen-bond donors (Lipinski definition) is 2. The normalized spacial score (nSPS) is 14.8. The SMILES string of the molecule is CNC(=O)NC(=O)CSc1nc(C2CCCCC2)n(-c2ccccc2)n1. The number of imide groups is 1. The predicted molar refractivity (Wildman–Crippen MR) is 101 cm³/mol. The summed E-state index contributed by atoms with van der Waals surface area (Å²) in [6.07, 6.45) is 5.93.